The average Bonchev–Trinajstić information content (AvgIpc) is 3.72. The third kappa shape index (κ3) is 7.61. The number of nitro benzene ring substituents is 2. The quantitative estimate of drug-likeness (QED) is 0.0456. The second-order valence-electron chi connectivity index (χ2n) is 10.7. The standard InChI is InChI=1S/C34H30N8O4S2/c43-41(44)29-19-9-7-13-25(29)23-47-33-37-35-31(39(33)27-15-3-1-4-16-27)21-11-12-22-32-36-38-34(40(32)28-17-5-2-6-18-28)48-24-26-14-8-10-20-30(26)42(45)46/h1-10,13-20H,11-12,21-24H2. The van der Waals surface area contributed by atoms with Crippen molar-refractivity contribution in [1.29, 1.82) is 0 Å². The number of benzene rings is 4. The Bertz CT molecular complexity index is 1870. The third-order valence-electron chi connectivity index (χ3n) is 7.57. The zero-order valence-corrected chi connectivity index (χ0v) is 27.3. The zero-order valence-electron chi connectivity index (χ0n) is 25.7. The molecule has 0 aliphatic heterocycles. The van der Waals surface area contributed by atoms with E-state index in [1.54, 1.807) is 36.4 Å². The molecule has 0 bridgehead atoms. The maximum atomic E-state index is 11.5. The summed E-state index contributed by atoms with van der Waals surface area (Å²) in [6.07, 6.45) is 2.93. The van der Waals surface area contributed by atoms with E-state index in [2.05, 4.69) is 20.4 Å². The molecule has 2 aromatic heterocycles. The highest BCUT2D eigenvalue weighted by molar-refractivity contribution is 7.98. The maximum absolute atomic E-state index is 11.5. The van der Waals surface area contributed by atoms with Crippen molar-refractivity contribution in [3.05, 3.63) is 152 Å². The van der Waals surface area contributed by atoms with Gasteiger partial charge in [0.15, 0.2) is 10.3 Å². The van der Waals surface area contributed by atoms with E-state index in [1.165, 1.54) is 35.7 Å². The Morgan fingerprint density at radius 1 is 0.521 bits per heavy atom. The fourth-order valence-electron chi connectivity index (χ4n) is 5.26. The van der Waals surface area contributed by atoms with Crippen LogP contribution in [0.3, 0.4) is 0 Å². The maximum Gasteiger partial charge on any atom is 0.273 e. The van der Waals surface area contributed by atoms with Gasteiger partial charge in [-0.15, -0.1) is 20.4 Å². The molecule has 2 heterocycles. The van der Waals surface area contributed by atoms with Crippen LogP contribution in [-0.2, 0) is 24.3 Å². The lowest BCUT2D eigenvalue weighted by atomic mass is 10.1. The van der Waals surface area contributed by atoms with Crippen LogP contribution in [-0.4, -0.2) is 39.4 Å². The molecule has 0 saturated heterocycles. The highest BCUT2D eigenvalue weighted by Gasteiger charge is 2.20. The first-order valence-electron chi connectivity index (χ1n) is 15.2. The molecule has 0 radical (unpaired) electrons. The first kappa shape index (κ1) is 32.6. The minimum atomic E-state index is -0.362. The Kier molecular flexibility index (Phi) is 10.5. The molecule has 0 N–H and O–H groups in total. The second kappa shape index (κ2) is 15.5. The number of hydrogen-bond donors (Lipinski definition) is 0. The molecule has 242 valence electrons. The predicted octanol–water partition coefficient (Wildman–Crippen LogP) is 7.81. The van der Waals surface area contributed by atoms with Gasteiger partial charge in [0.05, 0.1) is 9.85 Å². The molecule has 0 atom stereocenters. The van der Waals surface area contributed by atoms with Crippen LogP contribution >= 0.6 is 23.5 Å². The Balaban J connectivity index is 1.16. The molecule has 0 aliphatic rings. The summed E-state index contributed by atoms with van der Waals surface area (Å²) in [6.45, 7) is 0. The van der Waals surface area contributed by atoms with Crippen molar-refractivity contribution in [3.63, 3.8) is 0 Å². The minimum absolute atomic E-state index is 0.0855. The second-order valence-corrected chi connectivity index (χ2v) is 12.6. The van der Waals surface area contributed by atoms with E-state index in [4.69, 9.17) is 0 Å². The van der Waals surface area contributed by atoms with Gasteiger partial charge >= 0.3 is 0 Å². The van der Waals surface area contributed by atoms with Crippen molar-refractivity contribution in [2.45, 2.75) is 47.5 Å². The topological polar surface area (TPSA) is 148 Å². The van der Waals surface area contributed by atoms with Gasteiger partial charge in [-0.05, 0) is 37.1 Å². The van der Waals surface area contributed by atoms with E-state index in [-0.39, 0.29) is 21.2 Å². The van der Waals surface area contributed by atoms with Gasteiger partial charge in [0.1, 0.15) is 11.6 Å². The molecular formula is C34H30N8O4S2. The van der Waals surface area contributed by atoms with Crippen LogP contribution in [0.25, 0.3) is 11.4 Å². The zero-order chi connectivity index (χ0) is 33.3. The molecule has 0 amide bonds. The molecule has 4 aromatic carbocycles. The summed E-state index contributed by atoms with van der Waals surface area (Å²) in [6, 6.07) is 33.2. The van der Waals surface area contributed by atoms with Crippen LogP contribution in [0.15, 0.2) is 120 Å². The molecule has 6 aromatic rings. The van der Waals surface area contributed by atoms with Crippen LogP contribution in [0.4, 0.5) is 11.4 Å². The molecule has 6 rings (SSSR count). The van der Waals surface area contributed by atoms with Crippen molar-refractivity contribution in [3.8, 4) is 11.4 Å². The Morgan fingerprint density at radius 2 is 0.896 bits per heavy atom. The first-order chi connectivity index (χ1) is 23.5. The number of nitro groups is 2. The Labute approximate surface area is 284 Å². The van der Waals surface area contributed by atoms with E-state index in [1.807, 2.05) is 69.8 Å². The van der Waals surface area contributed by atoms with Crippen molar-refractivity contribution >= 4 is 34.9 Å². The van der Waals surface area contributed by atoms with E-state index in [0.29, 0.717) is 45.8 Å². The Morgan fingerprint density at radius 3 is 1.29 bits per heavy atom. The SMILES string of the molecule is O=[N+]([O-])c1ccccc1CSc1nnc(CCCCc2nnc(SCc3ccccc3[N+](=O)[O-])n2-c2ccccc2)n1-c1ccccc1. The number of aryl methyl sites for hydroxylation is 2. The van der Waals surface area contributed by atoms with Crippen LogP contribution in [0.1, 0.15) is 35.6 Å². The first-order valence-corrected chi connectivity index (χ1v) is 17.2. The van der Waals surface area contributed by atoms with Crippen LogP contribution < -0.4 is 0 Å². The van der Waals surface area contributed by atoms with Crippen LogP contribution in [0.5, 0.6) is 0 Å². The molecule has 12 nitrogen and oxygen atoms in total. The highest BCUT2D eigenvalue weighted by atomic mass is 32.2. The van der Waals surface area contributed by atoms with Gasteiger partial charge in [0, 0.05) is 59.0 Å². The molecule has 0 spiro atoms. The van der Waals surface area contributed by atoms with E-state index in [0.717, 1.165) is 35.9 Å². The number of para-hydroxylation sites is 4. The van der Waals surface area contributed by atoms with Gasteiger partial charge in [-0.2, -0.15) is 0 Å². The van der Waals surface area contributed by atoms with Gasteiger partial charge < -0.3 is 0 Å². The normalized spacial score (nSPS) is 11.1. The van der Waals surface area contributed by atoms with Crippen molar-refractivity contribution in [2.75, 3.05) is 0 Å². The van der Waals surface area contributed by atoms with E-state index < -0.39 is 0 Å². The fourth-order valence-corrected chi connectivity index (χ4v) is 7.19. The average molecular weight is 679 g/mol. The largest absolute Gasteiger partial charge is 0.274 e. The summed E-state index contributed by atoms with van der Waals surface area (Å²) in [7, 11) is 0. The molecule has 48 heavy (non-hydrogen) atoms. The lowest BCUT2D eigenvalue weighted by Crippen LogP contribution is -2.05. The summed E-state index contributed by atoms with van der Waals surface area (Å²) < 4.78 is 4.03. The van der Waals surface area contributed by atoms with Gasteiger partial charge in [-0.1, -0.05) is 96.3 Å². The van der Waals surface area contributed by atoms with Gasteiger partial charge in [-0.3, -0.25) is 29.4 Å². The summed E-state index contributed by atoms with van der Waals surface area (Å²) in [5.74, 6) is 2.37. The highest BCUT2D eigenvalue weighted by Crippen LogP contribution is 2.31. The number of thioether (sulfide) groups is 2. The smallest absolute Gasteiger partial charge is 0.273 e. The monoisotopic (exact) mass is 678 g/mol. The number of rotatable bonds is 15. The Hall–Kier alpha value is -5.34. The summed E-state index contributed by atoms with van der Waals surface area (Å²) in [4.78, 5) is 22.3. The third-order valence-corrected chi connectivity index (χ3v) is 9.53. The fraction of sp³-hybridized carbons (Fsp3) is 0.176. The molecule has 14 heteroatoms. The van der Waals surface area contributed by atoms with E-state index >= 15 is 0 Å². The lowest BCUT2D eigenvalue weighted by Gasteiger charge is -2.11. The van der Waals surface area contributed by atoms with Gasteiger partial charge in [0.25, 0.3) is 11.4 Å². The van der Waals surface area contributed by atoms with Crippen LogP contribution in [0, 0.1) is 20.2 Å². The van der Waals surface area contributed by atoms with Crippen molar-refractivity contribution < 1.29 is 9.85 Å². The molecule has 0 fully saturated rings. The van der Waals surface area contributed by atoms with Crippen molar-refractivity contribution in [2.24, 2.45) is 0 Å². The lowest BCUT2D eigenvalue weighted by molar-refractivity contribution is -0.385. The molecule has 0 aliphatic carbocycles. The van der Waals surface area contributed by atoms with Crippen LogP contribution in [0.2, 0.25) is 0 Å². The predicted molar refractivity (Wildman–Crippen MR) is 185 cm³/mol. The number of aromatic nitrogens is 6. The number of nitrogens with zero attached hydrogens (tertiary/aromatic N) is 8. The molecular weight excluding hydrogens is 649 g/mol. The molecule has 0 unspecified atom stereocenters. The van der Waals surface area contributed by atoms with Gasteiger partial charge in [-0.25, -0.2) is 0 Å². The van der Waals surface area contributed by atoms with E-state index in [9.17, 15) is 20.2 Å². The number of unbranched alkanes of at least 4 members (excludes halogenated alkanes) is 1. The minimum Gasteiger partial charge on any atom is -0.274 e. The van der Waals surface area contributed by atoms with Crippen molar-refractivity contribution in [1.82, 2.24) is 29.5 Å². The number of hydrogen-bond acceptors (Lipinski definition) is 10. The molecule has 0 saturated carbocycles. The summed E-state index contributed by atoms with van der Waals surface area (Å²) in [5, 5.41) is 42.4. The summed E-state index contributed by atoms with van der Waals surface area (Å²) >= 11 is 2.83. The van der Waals surface area contributed by atoms with Gasteiger partial charge in [0.2, 0.25) is 0 Å². The summed E-state index contributed by atoms with van der Waals surface area (Å²) in [5.41, 5.74) is 3.26.